The Hall–Kier alpha value is -2.08. The number of carbonyl (C=O) groups excluding carboxylic acids is 1. The number of guanidine groups is 1. The third-order valence-electron chi connectivity index (χ3n) is 6.54. The van der Waals surface area contributed by atoms with E-state index < -0.39 is 5.54 Å². The Morgan fingerprint density at radius 1 is 1.31 bits per heavy atom. The minimum atomic E-state index is -0.914. The van der Waals surface area contributed by atoms with Crippen molar-refractivity contribution in [1.29, 1.82) is 0 Å². The van der Waals surface area contributed by atoms with Crippen LogP contribution in [0.3, 0.4) is 0 Å². The number of nitrogens with zero attached hydrogens (tertiary/aromatic N) is 2. The fourth-order valence-electron chi connectivity index (χ4n) is 5.15. The molecule has 1 aromatic carbocycles. The van der Waals surface area contributed by atoms with Crippen LogP contribution in [0, 0.1) is 11.8 Å². The van der Waals surface area contributed by atoms with Crippen molar-refractivity contribution in [2.24, 2.45) is 22.6 Å². The number of hydrogen-bond donors (Lipinski definition) is 1. The van der Waals surface area contributed by atoms with Gasteiger partial charge in [-0.3, -0.25) is 9.69 Å². The standard InChI is InChI=1S/C20H27N3O3/c1-23-18(24)20(22-19(23)21)16(12-5-4-6-14(9-12)25-2)10-13-7-8-15(26-3)11-17(13)20/h7-8,11-12,14,16H,4-6,9-10H2,1-3H3,(H2,21,22). The van der Waals surface area contributed by atoms with Gasteiger partial charge in [0.25, 0.3) is 5.91 Å². The van der Waals surface area contributed by atoms with Crippen LogP contribution in [0.1, 0.15) is 36.8 Å². The molecule has 0 bridgehead atoms. The normalized spacial score (nSPS) is 33.5. The number of fused-ring (bicyclic) bond motifs is 2. The maximum Gasteiger partial charge on any atom is 0.262 e. The van der Waals surface area contributed by atoms with Crippen molar-refractivity contribution in [2.45, 2.75) is 43.7 Å². The highest BCUT2D eigenvalue weighted by Gasteiger charge is 2.59. The van der Waals surface area contributed by atoms with Crippen LogP contribution < -0.4 is 10.5 Å². The molecule has 6 nitrogen and oxygen atoms in total. The number of amides is 1. The SMILES string of the molecule is COc1ccc2c(c1)C1(N=C(N)N(C)C1=O)C(C1CCCC(OC)C1)C2. The number of methoxy groups -OCH3 is 2. The van der Waals surface area contributed by atoms with Gasteiger partial charge in [-0.05, 0) is 54.9 Å². The molecule has 1 heterocycles. The van der Waals surface area contributed by atoms with Gasteiger partial charge in [0.1, 0.15) is 5.75 Å². The summed E-state index contributed by atoms with van der Waals surface area (Å²) in [5.41, 5.74) is 7.32. The van der Waals surface area contributed by atoms with E-state index in [0.29, 0.717) is 11.9 Å². The first-order chi connectivity index (χ1) is 12.5. The lowest BCUT2D eigenvalue weighted by Crippen LogP contribution is -2.46. The summed E-state index contributed by atoms with van der Waals surface area (Å²) >= 11 is 0. The highest BCUT2D eigenvalue weighted by molar-refractivity contribution is 6.07. The third kappa shape index (κ3) is 2.35. The molecule has 4 rings (SSSR count). The fourth-order valence-corrected chi connectivity index (χ4v) is 5.15. The van der Waals surface area contributed by atoms with E-state index in [-0.39, 0.29) is 17.9 Å². The van der Waals surface area contributed by atoms with Gasteiger partial charge in [-0.1, -0.05) is 12.5 Å². The summed E-state index contributed by atoms with van der Waals surface area (Å²) in [5.74, 6) is 1.53. The van der Waals surface area contributed by atoms with Gasteiger partial charge < -0.3 is 15.2 Å². The van der Waals surface area contributed by atoms with Gasteiger partial charge in [-0.15, -0.1) is 0 Å². The fraction of sp³-hybridized carbons (Fsp3) is 0.600. The van der Waals surface area contributed by atoms with Crippen molar-refractivity contribution in [2.75, 3.05) is 21.3 Å². The van der Waals surface area contributed by atoms with Gasteiger partial charge in [-0.25, -0.2) is 4.99 Å². The molecule has 0 aromatic heterocycles. The van der Waals surface area contributed by atoms with Crippen molar-refractivity contribution in [3.8, 4) is 5.75 Å². The number of carbonyl (C=O) groups is 1. The molecule has 1 saturated carbocycles. The number of nitrogens with two attached hydrogens (primary N) is 1. The maximum absolute atomic E-state index is 13.4. The average Bonchev–Trinajstić information content (AvgIpc) is 3.11. The van der Waals surface area contributed by atoms with Gasteiger partial charge in [-0.2, -0.15) is 0 Å². The summed E-state index contributed by atoms with van der Waals surface area (Å²) in [6.07, 6.45) is 5.39. The first-order valence-corrected chi connectivity index (χ1v) is 9.35. The monoisotopic (exact) mass is 357 g/mol. The number of rotatable bonds is 3. The Balaban J connectivity index is 1.81. The average molecular weight is 357 g/mol. The van der Waals surface area contributed by atoms with Crippen molar-refractivity contribution in [3.63, 3.8) is 0 Å². The zero-order valence-electron chi connectivity index (χ0n) is 15.7. The number of aliphatic imine (C=N–C) groups is 1. The maximum atomic E-state index is 13.4. The van der Waals surface area contributed by atoms with Crippen molar-refractivity contribution < 1.29 is 14.3 Å². The minimum absolute atomic E-state index is 0.0217. The molecule has 2 aliphatic carbocycles. The van der Waals surface area contributed by atoms with E-state index in [4.69, 9.17) is 20.2 Å². The van der Waals surface area contributed by atoms with E-state index in [2.05, 4.69) is 6.07 Å². The molecule has 140 valence electrons. The van der Waals surface area contributed by atoms with E-state index in [9.17, 15) is 4.79 Å². The van der Waals surface area contributed by atoms with E-state index in [1.807, 2.05) is 12.1 Å². The van der Waals surface area contributed by atoms with Crippen LogP contribution in [0.4, 0.5) is 0 Å². The molecule has 26 heavy (non-hydrogen) atoms. The second kappa shape index (κ2) is 6.27. The molecular formula is C20H27N3O3. The second-order valence-corrected chi connectivity index (χ2v) is 7.72. The van der Waals surface area contributed by atoms with E-state index >= 15 is 0 Å². The molecule has 6 heteroatoms. The summed E-state index contributed by atoms with van der Waals surface area (Å²) in [6.45, 7) is 0. The summed E-state index contributed by atoms with van der Waals surface area (Å²) in [6, 6.07) is 6.01. The van der Waals surface area contributed by atoms with Crippen molar-refractivity contribution >= 4 is 11.9 Å². The Morgan fingerprint density at radius 2 is 2.12 bits per heavy atom. The molecule has 1 amide bonds. The molecule has 1 aliphatic heterocycles. The minimum Gasteiger partial charge on any atom is -0.497 e. The number of likely N-dealkylation sites (N-methyl/N-ethyl adjacent to an activating group) is 1. The van der Waals surface area contributed by atoms with Crippen LogP contribution >= 0.6 is 0 Å². The molecule has 1 aromatic rings. The Bertz CT molecular complexity index is 763. The molecule has 2 N–H and O–H groups in total. The summed E-state index contributed by atoms with van der Waals surface area (Å²) in [4.78, 5) is 19.6. The largest absolute Gasteiger partial charge is 0.497 e. The number of hydrogen-bond acceptors (Lipinski definition) is 5. The molecule has 3 aliphatic rings. The van der Waals surface area contributed by atoms with E-state index in [1.54, 1.807) is 21.3 Å². The van der Waals surface area contributed by atoms with Gasteiger partial charge >= 0.3 is 0 Å². The molecule has 1 fully saturated rings. The molecule has 1 spiro atoms. The molecule has 0 radical (unpaired) electrons. The molecule has 0 saturated heterocycles. The molecular weight excluding hydrogens is 330 g/mol. The van der Waals surface area contributed by atoms with Crippen LogP contribution in [-0.4, -0.2) is 44.1 Å². The zero-order valence-corrected chi connectivity index (χ0v) is 15.7. The van der Waals surface area contributed by atoms with E-state index in [0.717, 1.165) is 43.4 Å². The zero-order chi connectivity index (χ0) is 18.5. The van der Waals surface area contributed by atoms with Gasteiger partial charge in [0.05, 0.1) is 13.2 Å². The molecule has 4 unspecified atom stereocenters. The molecule has 4 atom stereocenters. The van der Waals surface area contributed by atoms with E-state index in [1.165, 1.54) is 10.5 Å². The summed E-state index contributed by atoms with van der Waals surface area (Å²) < 4.78 is 11.1. The Kier molecular flexibility index (Phi) is 4.18. The third-order valence-corrected chi connectivity index (χ3v) is 6.54. The van der Waals surface area contributed by atoms with Crippen LogP contribution in [-0.2, 0) is 21.5 Å². The van der Waals surface area contributed by atoms with Gasteiger partial charge in [0.2, 0.25) is 0 Å². The van der Waals surface area contributed by atoms with Crippen LogP contribution in [0.15, 0.2) is 23.2 Å². The quantitative estimate of drug-likeness (QED) is 0.898. The first kappa shape index (κ1) is 17.3. The topological polar surface area (TPSA) is 77.2 Å². The highest BCUT2D eigenvalue weighted by atomic mass is 16.5. The summed E-state index contributed by atoms with van der Waals surface area (Å²) in [5, 5.41) is 0. The predicted octanol–water partition coefficient (Wildman–Crippen LogP) is 2.05. The lowest BCUT2D eigenvalue weighted by Gasteiger charge is -2.38. The van der Waals surface area contributed by atoms with Crippen LogP contribution in [0.2, 0.25) is 0 Å². The van der Waals surface area contributed by atoms with Crippen LogP contribution in [0.25, 0.3) is 0 Å². The highest BCUT2D eigenvalue weighted by Crippen LogP contribution is 2.54. The number of benzene rings is 1. The Labute approximate surface area is 154 Å². The summed E-state index contributed by atoms with van der Waals surface area (Å²) in [7, 11) is 5.14. The van der Waals surface area contributed by atoms with Gasteiger partial charge in [0, 0.05) is 20.1 Å². The number of ether oxygens (including phenoxy) is 2. The van der Waals surface area contributed by atoms with Gasteiger partial charge in [0.15, 0.2) is 11.5 Å². The predicted molar refractivity (Wildman–Crippen MR) is 99.0 cm³/mol. The Morgan fingerprint density at radius 3 is 2.77 bits per heavy atom. The smallest absolute Gasteiger partial charge is 0.262 e. The van der Waals surface area contributed by atoms with Crippen LogP contribution in [0.5, 0.6) is 5.75 Å². The lowest BCUT2D eigenvalue weighted by molar-refractivity contribution is -0.133. The lowest BCUT2D eigenvalue weighted by atomic mass is 9.70. The van der Waals surface area contributed by atoms with Crippen molar-refractivity contribution in [1.82, 2.24) is 4.90 Å². The first-order valence-electron chi connectivity index (χ1n) is 9.35. The second-order valence-electron chi connectivity index (χ2n) is 7.72. The van der Waals surface area contributed by atoms with Crippen molar-refractivity contribution in [3.05, 3.63) is 29.3 Å².